The maximum Gasteiger partial charge on any atom is 0.486 e. The molecule has 0 aliphatic carbocycles. The van der Waals surface area contributed by atoms with E-state index < -0.39 is 43.7 Å². The first-order valence-corrected chi connectivity index (χ1v) is 14.1. The molecular formula is C26H18F9O3S2+. The second kappa shape index (κ2) is 10.00. The van der Waals surface area contributed by atoms with Crippen molar-refractivity contribution in [3.8, 4) is 0 Å². The molecule has 4 aromatic carbocycles. The minimum absolute atomic E-state index is 0.0618. The van der Waals surface area contributed by atoms with Gasteiger partial charge < -0.3 is 0 Å². The van der Waals surface area contributed by atoms with Crippen molar-refractivity contribution in [3.63, 3.8) is 0 Å². The van der Waals surface area contributed by atoms with E-state index in [4.69, 9.17) is 0 Å². The highest BCUT2D eigenvalue weighted by molar-refractivity contribution is 8.32. The fourth-order valence-electron chi connectivity index (χ4n) is 3.92. The molecule has 4 aromatic rings. The highest BCUT2D eigenvalue weighted by atomic mass is 32.3. The summed E-state index contributed by atoms with van der Waals surface area (Å²) in [7, 11) is -11.1. The number of rotatable bonds is 8. The third kappa shape index (κ3) is 4.51. The molecule has 0 aliphatic rings. The van der Waals surface area contributed by atoms with Gasteiger partial charge in [-0.05, 0) is 35.7 Å². The van der Waals surface area contributed by atoms with Crippen molar-refractivity contribution in [2.45, 2.75) is 38.0 Å². The van der Waals surface area contributed by atoms with Crippen LogP contribution in [0.5, 0.6) is 0 Å². The van der Waals surface area contributed by atoms with Gasteiger partial charge in [-0.15, -0.1) is 8.42 Å². The monoisotopic (exact) mass is 613 g/mol. The van der Waals surface area contributed by atoms with Gasteiger partial charge in [0.05, 0.1) is 25.0 Å². The maximum absolute atomic E-state index is 15.0. The van der Waals surface area contributed by atoms with E-state index in [-0.39, 0.29) is 20.1 Å². The van der Waals surface area contributed by atoms with Gasteiger partial charge in [-0.2, -0.15) is 39.5 Å². The molecule has 0 heterocycles. The molecule has 0 saturated carbocycles. The van der Waals surface area contributed by atoms with Crippen molar-refractivity contribution in [1.29, 1.82) is 0 Å². The second-order valence-corrected chi connectivity index (χ2v) is 13.0. The molecule has 214 valence electrons. The Kier molecular flexibility index (Phi) is 7.43. The van der Waals surface area contributed by atoms with Gasteiger partial charge >= 0.3 is 33.4 Å². The largest absolute Gasteiger partial charge is 0.486 e. The number of hydrogen-bond acceptors (Lipinski definition) is 2. The van der Waals surface area contributed by atoms with Crippen LogP contribution in [-0.4, -0.2) is 35.3 Å². The fourth-order valence-corrected chi connectivity index (χ4v) is 9.60. The van der Waals surface area contributed by atoms with Crippen LogP contribution in [0.2, 0.25) is 0 Å². The molecule has 1 N–H and O–H groups in total. The average Bonchev–Trinajstić information content (AvgIpc) is 2.91. The minimum atomic E-state index is -7.42. The van der Waals surface area contributed by atoms with Crippen molar-refractivity contribution in [2.24, 2.45) is 0 Å². The molecule has 0 radical (unpaired) electrons. The van der Waals surface area contributed by atoms with Gasteiger partial charge in [0.2, 0.25) is 0 Å². The summed E-state index contributed by atoms with van der Waals surface area (Å²) < 4.78 is 154. The van der Waals surface area contributed by atoms with Crippen LogP contribution in [0.3, 0.4) is 0 Å². The normalized spacial score (nSPS) is 14.3. The molecular weight excluding hydrogens is 595 g/mol. The number of halogens is 9. The van der Waals surface area contributed by atoms with Gasteiger partial charge in [0.15, 0.2) is 0 Å². The molecule has 0 unspecified atom stereocenters. The fraction of sp³-hybridized carbons (Fsp3) is 0.154. The van der Waals surface area contributed by atoms with Gasteiger partial charge in [-0.1, -0.05) is 72.8 Å². The Morgan fingerprint density at radius 3 is 1.48 bits per heavy atom. The molecule has 40 heavy (non-hydrogen) atoms. The highest BCUT2D eigenvalue weighted by Crippen LogP contribution is 2.70. The molecule has 0 saturated heterocycles. The summed E-state index contributed by atoms with van der Waals surface area (Å²) in [5, 5.41) is -6.27. The van der Waals surface area contributed by atoms with Crippen molar-refractivity contribution < 1.29 is 51.6 Å². The molecule has 0 bridgehead atoms. The zero-order chi connectivity index (χ0) is 29.6. The standard InChI is InChI=1S/C26H17F9O3S2/c27-23(28,25(31,32)33)24(29,30)26(34,35)40(36,37)38-39(19-12-3-1-4-13-19,20-14-5-2-6-15-20)22-17-9-11-18-10-7-8-16-21(18)22/h1-17H/p+1. The van der Waals surface area contributed by atoms with Crippen LogP contribution >= 0.6 is 10.3 Å². The van der Waals surface area contributed by atoms with E-state index in [1.807, 2.05) is 0 Å². The summed E-state index contributed by atoms with van der Waals surface area (Å²) in [5.41, 5.74) is 0. The van der Waals surface area contributed by atoms with E-state index in [0.29, 0.717) is 5.39 Å². The lowest BCUT2D eigenvalue weighted by molar-refractivity contribution is -0.382. The van der Waals surface area contributed by atoms with Crippen LogP contribution in [0, 0.1) is 0 Å². The van der Waals surface area contributed by atoms with E-state index >= 15 is 0 Å². The smallest absolute Gasteiger partial charge is 0.257 e. The Bertz CT molecular complexity index is 1560. The van der Waals surface area contributed by atoms with E-state index in [2.05, 4.69) is 3.63 Å². The van der Waals surface area contributed by atoms with Crippen LogP contribution in [0.15, 0.2) is 118 Å². The molecule has 3 nitrogen and oxygen atoms in total. The van der Waals surface area contributed by atoms with Crippen LogP contribution < -0.4 is 0 Å². The minimum Gasteiger partial charge on any atom is -0.257 e. The summed E-state index contributed by atoms with van der Waals surface area (Å²) in [4.78, 5) is -0.251. The molecule has 0 atom stereocenters. The van der Waals surface area contributed by atoms with Gasteiger partial charge in [-0.25, -0.2) is 0 Å². The summed E-state index contributed by atoms with van der Waals surface area (Å²) in [5.74, 6) is -14.8. The maximum atomic E-state index is 15.0. The molecule has 4 rings (SSSR count). The van der Waals surface area contributed by atoms with Crippen LogP contribution in [0.4, 0.5) is 39.5 Å². The SMILES string of the molecule is O=S(=O)([OH+]S(c1ccccc1)(c1ccccc1)c1cccc2ccccc12)C(F)(F)C(F)(F)C(F)(F)C(F)(F)F. The third-order valence-electron chi connectivity index (χ3n) is 5.89. The first kappa shape index (κ1) is 29.7. The van der Waals surface area contributed by atoms with Crippen LogP contribution in [0.1, 0.15) is 0 Å². The second-order valence-electron chi connectivity index (χ2n) is 8.40. The number of hydrogen-bond donors (Lipinski definition) is 0. The Labute approximate surface area is 223 Å². The third-order valence-corrected chi connectivity index (χ3v) is 11.4. The summed E-state index contributed by atoms with van der Waals surface area (Å²) in [6, 6.07) is 24.0. The van der Waals surface area contributed by atoms with Crippen molar-refractivity contribution in [2.75, 3.05) is 0 Å². The quantitative estimate of drug-likeness (QED) is 0.113. The lowest BCUT2D eigenvalue weighted by Crippen LogP contribution is -2.63. The predicted octanol–water partition coefficient (Wildman–Crippen LogP) is 8.89. The highest BCUT2D eigenvalue weighted by Gasteiger charge is 2.88. The zero-order valence-corrected chi connectivity index (χ0v) is 21.4. The van der Waals surface area contributed by atoms with Crippen molar-refractivity contribution in [3.05, 3.63) is 103 Å². The van der Waals surface area contributed by atoms with Gasteiger partial charge in [-0.3, -0.25) is 3.63 Å². The van der Waals surface area contributed by atoms with Crippen LogP contribution in [-0.2, 0) is 10.1 Å². The Balaban J connectivity index is 2.08. The molecule has 0 amide bonds. The van der Waals surface area contributed by atoms with Crippen LogP contribution in [0.25, 0.3) is 10.8 Å². The molecule has 0 fully saturated rings. The van der Waals surface area contributed by atoms with E-state index in [9.17, 15) is 47.9 Å². The molecule has 0 aliphatic heterocycles. The lowest BCUT2D eigenvalue weighted by Gasteiger charge is -2.38. The first-order chi connectivity index (χ1) is 18.5. The Morgan fingerprint density at radius 2 is 0.975 bits per heavy atom. The van der Waals surface area contributed by atoms with Crippen molar-refractivity contribution >= 4 is 31.2 Å². The number of benzene rings is 4. The number of alkyl halides is 9. The van der Waals surface area contributed by atoms with E-state index in [1.165, 1.54) is 84.9 Å². The molecule has 14 heteroatoms. The molecule has 0 spiro atoms. The lowest BCUT2D eigenvalue weighted by atomic mass is 10.1. The van der Waals surface area contributed by atoms with Crippen molar-refractivity contribution in [1.82, 2.24) is 0 Å². The van der Waals surface area contributed by atoms with E-state index in [1.54, 1.807) is 18.2 Å². The van der Waals surface area contributed by atoms with Gasteiger partial charge in [0, 0.05) is 5.39 Å². The van der Waals surface area contributed by atoms with Gasteiger partial charge in [0.1, 0.15) is 0 Å². The Morgan fingerprint density at radius 1 is 0.525 bits per heavy atom. The Hall–Kier alpha value is -3.23. The summed E-state index contributed by atoms with van der Waals surface area (Å²) in [6.07, 6.45) is -7.20. The average molecular weight is 614 g/mol. The molecule has 0 aromatic heterocycles. The van der Waals surface area contributed by atoms with Gasteiger partial charge in [0.25, 0.3) is 0 Å². The summed E-state index contributed by atoms with van der Waals surface area (Å²) in [6.45, 7) is 0. The topological polar surface area (TPSA) is 46.9 Å². The zero-order valence-electron chi connectivity index (χ0n) is 19.8. The van der Waals surface area contributed by atoms with E-state index in [0.717, 1.165) is 0 Å². The summed E-state index contributed by atoms with van der Waals surface area (Å²) >= 11 is 0. The predicted molar refractivity (Wildman–Crippen MR) is 132 cm³/mol. The number of fused-ring (bicyclic) bond motifs is 1. The first-order valence-electron chi connectivity index (χ1n) is 11.1.